The van der Waals surface area contributed by atoms with E-state index in [1.54, 1.807) is 19.1 Å². The molecule has 2 rings (SSSR count). The zero-order valence-electron chi connectivity index (χ0n) is 12.7. The molecule has 0 atom stereocenters. The van der Waals surface area contributed by atoms with Gasteiger partial charge in [0.15, 0.2) is 0 Å². The van der Waals surface area contributed by atoms with Crippen LogP contribution in [0.25, 0.3) is 0 Å². The first-order valence-corrected chi connectivity index (χ1v) is 8.71. The molecule has 0 aromatic heterocycles. The van der Waals surface area contributed by atoms with Gasteiger partial charge in [0.1, 0.15) is 6.54 Å². The fourth-order valence-electron chi connectivity index (χ4n) is 1.90. The summed E-state index contributed by atoms with van der Waals surface area (Å²) in [6.07, 6.45) is 1.21. The fourth-order valence-corrected chi connectivity index (χ4v) is 3.13. The smallest absolute Gasteiger partial charge is 0.333 e. The van der Waals surface area contributed by atoms with Crippen LogP contribution < -0.4 is 5.32 Å². The van der Waals surface area contributed by atoms with Crippen molar-refractivity contribution in [2.75, 3.05) is 24.2 Å². The van der Waals surface area contributed by atoms with Gasteiger partial charge in [-0.1, -0.05) is 35.0 Å². The van der Waals surface area contributed by atoms with Gasteiger partial charge in [0, 0.05) is 5.69 Å². The summed E-state index contributed by atoms with van der Waals surface area (Å²) in [6, 6.07) is 4.67. The van der Waals surface area contributed by atoms with E-state index in [0.717, 1.165) is 0 Å². The molecule has 128 valence electrons. The summed E-state index contributed by atoms with van der Waals surface area (Å²) in [6.45, 7) is 1.71. The molecule has 1 fully saturated rings. The lowest BCUT2D eigenvalue weighted by molar-refractivity contribution is -0.137. The minimum Gasteiger partial charge on any atom is -0.463 e. The van der Waals surface area contributed by atoms with Crippen molar-refractivity contribution in [2.24, 2.45) is 0 Å². The number of nitrogens with one attached hydrogen (secondary N) is 1. The number of nitrogens with zero attached hydrogens (tertiary/aromatic N) is 1. The average Bonchev–Trinajstić information content (AvgIpc) is 2.84. The number of carbonyl (C=O) groups excluding carboxylic acids is 3. The van der Waals surface area contributed by atoms with Crippen molar-refractivity contribution in [3.8, 4) is 0 Å². The Morgan fingerprint density at radius 2 is 2.12 bits per heavy atom. The molecule has 9 heteroatoms. The van der Waals surface area contributed by atoms with Crippen LogP contribution in [-0.4, -0.2) is 41.6 Å². The van der Waals surface area contributed by atoms with Gasteiger partial charge in [0.25, 0.3) is 0 Å². The number of esters is 1. The zero-order valence-corrected chi connectivity index (χ0v) is 15.0. The number of hydrogen-bond acceptors (Lipinski definition) is 5. The average molecular weight is 389 g/mol. The molecule has 1 aromatic rings. The van der Waals surface area contributed by atoms with Crippen LogP contribution in [0, 0.1) is 0 Å². The predicted molar refractivity (Wildman–Crippen MR) is 94.0 cm³/mol. The molecule has 0 bridgehead atoms. The van der Waals surface area contributed by atoms with Gasteiger partial charge >= 0.3 is 5.97 Å². The van der Waals surface area contributed by atoms with Gasteiger partial charge in [-0.25, -0.2) is 4.79 Å². The van der Waals surface area contributed by atoms with Gasteiger partial charge in [-0.2, -0.15) is 0 Å². The molecule has 1 aromatic carbocycles. The molecule has 0 radical (unpaired) electrons. The summed E-state index contributed by atoms with van der Waals surface area (Å²) in [5.74, 6) is -1.05. The lowest BCUT2D eigenvalue weighted by atomic mass is 10.3. The van der Waals surface area contributed by atoms with E-state index < -0.39 is 11.9 Å². The quantitative estimate of drug-likeness (QED) is 0.619. The highest BCUT2D eigenvalue weighted by atomic mass is 35.5. The van der Waals surface area contributed by atoms with E-state index in [9.17, 15) is 14.4 Å². The van der Waals surface area contributed by atoms with Gasteiger partial charge in [0.2, 0.25) is 11.8 Å². The standard InChI is InChI=1S/C15H14Cl2N2O4S/c1-2-23-15(22)6-14-19(13(21)8-24-14)7-12(20)18-9-3-4-10(16)11(17)5-9/h3-6H,2,7-8H2,1H3,(H,18,20)/b14-6+. The Morgan fingerprint density at radius 1 is 1.38 bits per heavy atom. The number of hydrogen-bond donors (Lipinski definition) is 1. The van der Waals surface area contributed by atoms with Gasteiger partial charge < -0.3 is 10.1 Å². The van der Waals surface area contributed by atoms with Crippen LogP contribution in [0.15, 0.2) is 29.3 Å². The first-order valence-electron chi connectivity index (χ1n) is 6.97. The first kappa shape index (κ1) is 18.6. The van der Waals surface area contributed by atoms with Crippen LogP contribution in [0.2, 0.25) is 10.0 Å². The third-order valence-electron chi connectivity index (χ3n) is 2.94. The molecule has 24 heavy (non-hydrogen) atoms. The second-order valence-electron chi connectivity index (χ2n) is 4.68. The number of thioether (sulfide) groups is 1. The van der Waals surface area contributed by atoms with Gasteiger partial charge in [0.05, 0.1) is 33.5 Å². The molecule has 1 saturated heterocycles. The van der Waals surface area contributed by atoms with Crippen molar-refractivity contribution >= 4 is 58.4 Å². The lowest BCUT2D eigenvalue weighted by Crippen LogP contribution is -2.34. The molecule has 0 aliphatic carbocycles. The van der Waals surface area contributed by atoms with Crippen LogP contribution in [-0.2, 0) is 19.1 Å². The van der Waals surface area contributed by atoms with Crippen LogP contribution in [0.3, 0.4) is 0 Å². The highest BCUT2D eigenvalue weighted by Gasteiger charge is 2.29. The van der Waals surface area contributed by atoms with Crippen molar-refractivity contribution < 1.29 is 19.1 Å². The van der Waals surface area contributed by atoms with Crippen molar-refractivity contribution in [1.29, 1.82) is 0 Å². The van der Waals surface area contributed by atoms with Crippen LogP contribution >= 0.6 is 35.0 Å². The molecule has 1 heterocycles. The van der Waals surface area contributed by atoms with Crippen molar-refractivity contribution in [1.82, 2.24) is 4.90 Å². The number of halogens is 2. The normalized spacial score (nSPS) is 15.7. The van der Waals surface area contributed by atoms with Crippen molar-refractivity contribution in [3.63, 3.8) is 0 Å². The van der Waals surface area contributed by atoms with Gasteiger partial charge in [-0.3, -0.25) is 14.5 Å². The maximum atomic E-state index is 12.1. The third-order valence-corrected chi connectivity index (χ3v) is 4.71. The predicted octanol–water partition coefficient (Wildman–Crippen LogP) is 2.91. The molecule has 1 aliphatic heterocycles. The largest absolute Gasteiger partial charge is 0.463 e. The molecular formula is C15H14Cl2N2O4S. The molecule has 0 saturated carbocycles. The number of carbonyl (C=O) groups is 3. The fraction of sp³-hybridized carbons (Fsp3) is 0.267. The Kier molecular flexibility index (Phi) is 6.53. The van der Waals surface area contributed by atoms with E-state index in [4.69, 9.17) is 27.9 Å². The highest BCUT2D eigenvalue weighted by molar-refractivity contribution is 8.04. The number of benzene rings is 1. The molecule has 0 spiro atoms. The summed E-state index contributed by atoms with van der Waals surface area (Å²) < 4.78 is 4.82. The Bertz CT molecular complexity index is 709. The van der Waals surface area contributed by atoms with E-state index in [-0.39, 0.29) is 24.8 Å². The number of amides is 2. The van der Waals surface area contributed by atoms with E-state index >= 15 is 0 Å². The summed E-state index contributed by atoms with van der Waals surface area (Å²) >= 11 is 12.9. The third kappa shape index (κ3) is 4.90. The Morgan fingerprint density at radius 3 is 2.79 bits per heavy atom. The van der Waals surface area contributed by atoms with Crippen molar-refractivity contribution in [2.45, 2.75) is 6.92 Å². The molecule has 1 N–H and O–H groups in total. The van der Waals surface area contributed by atoms with E-state index in [1.165, 1.54) is 28.8 Å². The molecule has 1 aliphatic rings. The monoisotopic (exact) mass is 388 g/mol. The Hall–Kier alpha value is -1.70. The summed E-state index contributed by atoms with van der Waals surface area (Å²) in [5, 5.41) is 3.71. The van der Waals surface area contributed by atoms with E-state index in [2.05, 4.69) is 5.32 Å². The SMILES string of the molecule is CCOC(=O)/C=C1/SCC(=O)N1CC(=O)Nc1ccc(Cl)c(Cl)c1. The zero-order chi connectivity index (χ0) is 17.7. The maximum Gasteiger partial charge on any atom is 0.333 e. The Labute approximate surface area is 153 Å². The topological polar surface area (TPSA) is 75.7 Å². The molecule has 0 unspecified atom stereocenters. The molecule has 2 amide bonds. The second-order valence-corrected chi connectivity index (χ2v) is 6.49. The van der Waals surface area contributed by atoms with Crippen LogP contribution in [0.5, 0.6) is 0 Å². The number of ether oxygens (including phenoxy) is 1. The van der Waals surface area contributed by atoms with Gasteiger partial charge in [-0.05, 0) is 25.1 Å². The van der Waals surface area contributed by atoms with Gasteiger partial charge in [-0.15, -0.1) is 0 Å². The first-order chi connectivity index (χ1) is 11.4. The summed E-state index contributed by atoms with van der Waals surface area (Å²) in [4.78, 5) is 36.8. The minimum atomic E-state index is -0.551. The van der Waals surface area contributed by atoms with Crippen molar-refractivity contribution in [3.05, 3.63) is 39.3 Å². The number of rotatable bonds is 5. The second kappa shape index (κ2) is 8.41. The van der Waals surface area contributed by atoms with Crippen LogP contribution in [0.1, 0.15) is 6.92 Å². The Balaban J connectivity index is 2.04. The molecular weight excluding hydrogens is 375 g/mol. The summed E-state index contributed by atoms with van der Waals surface area (Å²) in [7, 11) is 0. The number of anilines is 1. The van der Waals surface area contributed by atoms with E-state index in [1.807, 2.05) is 0 Å². The lowest BCUT2D eigenvalue weighted by Gasteiger charge is -2.16. The van der Waals surface area contributed by atoms with Crippen LogP contribution in [0.4, 0.5) is 5.69 Å². The van der Waals surface area contributed by atoms with E-state index in [0.29, 0.717) is 20.8 Å². The molecule has 6 nitrogen and oxygen atoms in total. The minimum absolute atomic E-state index is 0.172. The highest BCUT2D eigenvalue weighted by Crippen LogP contribution is 2.29. The summed E-state index contributed by atoms with van der Waals surface area (Å²) in [5.41, 5.74) is 0.463. The maximum absolute atomic E-state index is 12.1.